The first kappa shape index (κ1) is 47.9. The van der Waals surface area contributed by atoms with E-state index >= 15 is 0 Å². The SMILES string of the molecule is CO.COC(=O)c1ccc(C#Cc2ccnc(-c3ccnc(N4Cc5ccc(OC)cc5C4)n3)n2)cc1.COc1ccc2c(c1)CN(c1nccc(-c3nccc(C#Cc4ccc(C(=O)O)cc4)n3)n1)C2. The number of carbonyl (C=O) groups is 2. The Balaban J connectivity index is 0.000000184. The molecule has 17 heteroatoms. The number of hydrogen-bond donors (Lipinski definition) is 2. The zero-order valence-corrected chi connectivity index (χ0v) is 38.9. The van der Waals surface area contributed by atoms with Gasteiger partial charge in [-0.3, -0.25) is 0 Å². The summed E-state index contributed by atoms with van der Waals surface area (Å²) in [6.07, 6.45) is 6.71. The first-order chi connectivity index (χ1) is 34.7. The van der Waals surface area contributed by atoms with Crippen LogP contribution in [-0.4, -0.2) is 90.5 Å². The third kappa shape index (κ3) is 11.8. The molecule has 0 atom stereocenters. The molecule has 8 aromatic rings. The van der Waals surface area contributed by atoms with Gasteiger partial charge in [-0.15, -0.1) is 0 Å². The molecular weight excluding hydrogens is 901 g/mol. The lowest BCUT2D eigenvalue weighted by Crippen LogP contribution is -2.17. The topological polar surface area (TPSA) is 212 Å². The number of esters is 1. The number of methoxy groups -OCH3 is 3. The molecule has 2 aliphatic heterocycles. The number of aliphatic hydroxyl groups excluding tert-OH is 1. The molecular formula is C54H44N10O7. The molecule has 2 aliphatic rings. The molecule has 17 nitrogen and oxygen atoms in total. The van der Waals surface area contributed by atoms with Crippen LogP contribution in [0.5, 0.6) is 11.5 Å². The summed E-state index contributed by atoms with van der Waals surface area (Å²) in [6.45, 7) is 2.85. The van der Waals surface area contributed by atoms with Gasteiger partial charge in [0.15, 0.2) is 11.6 Å². The van der Waals surface area contributed by atoms with Gasteiger partial charge in [0.05, 0.1) is 32.5 Å². The minimum Gasteiger partial charge on any atom is -0.497 e. The van der Waals surface area contributed by atoms with Crippen LogP contribution in [-0.2, 0) is 30.9 Å². The molecule has 0 unspecified atom stereocenters. The van der Waals surface area contributed by atoms with E-state index in [2.05, 4.69) is 75.5 Å². The molecule has 71 heavy (non-hydrogen) atoms. The Kier molecular flexibility index (Phi) is 15.2. The van der Waals surface area contributed by atoms with E-state index in [0.29, 0.717) is 70.5 Å². The van der Waals surface area contributed by atoms with E-state index in [1.807, 2.05) is 24.3 Å². The van der Waals surface area contributed by atoms with Gasteiger partial charge < -0.3 is 34.2 Å². The molecule has 2 N–H and O–H groups in total. The van der Waals surface area contributed by atoms with Gasteiger partial charge in [-0.2, -0.15) is 0 Å². The Labute approximate surface area is 408 Å². The van der Waals surface area contributed by atoms with E-state index in [4.69, 9.17) is 34.4 Å². The summed E-state index contributed by atoms with van der Waals surface area (Å²) in [5.41, 5.74) is 9.31. The average Bonchev–Trinajstić information content (AvgIpc) is 4.07. The van der Waals surface area contributed by atoms with E-state index < -0.39 is 5.97 Å². The molecule has 0 radical (unpaired) electrons. The Bertz CT molecular complexity index is 3350. The van der Waals surface area contributed by atoms with Crippen LogP contribution >= 0.6 is 0 Å². The number of carboxylic acid groups (broad SMARTS) is 1. The molecule has 352 valence electrons. The van der Waals surface area contributed by atoms with Crippen molar-refractivity contribution < 1.29 is 34.0 Å². The molecule has 4 aromatic heterocycles. The van der Waals surface area contributed by atoms with Crippen LogP contribution < -0.4 is 19.3 Å². The lowest BCUT2D eigenvalue weighted by molar-refractivity contribution is 0.0599. The molecule has 6 heterocycles. The number of benzene rings is 4. The van der Waals surface area contributed by atoms with Crippen molar-refractivity contribution in [2.24, 2.45) is 0 Å². The largest absolute Gasteiger partial charge is 0.497 e. The summed E-state index contributed by atoms with van der Waals surface area (Å²) < 4.78 is 15.4. The van der Waals surface area contributed by atoms with E-state index in [0.717, 1.165) is 37.3 Å². The monoisotopic (exact) mass is 944 g/mol. The van der Waals surface area contributed by atoms with E-state index in [-0.39, 0.29) is 11.5 Å². The van der Waals surface area contributed by atoms with Crippen LogP contribution in [0.25, 0.3) is 23.0 Å². The number of nitrogens with zero attached hydrogens (tertiary/aromatic N) is 10. The van der Waals surface area contributed by atoms with E-state index in [1.165, 1.54) is 41.5 Å². The van der Waals surface area contributed by atoms with Crippen molar-refractivity contribution in [1.82, 2.24) is 39.9 Å². The van der Waals surface area contributed by atoms with Crippen molar-refractivity contribution in [3.63, 3.8) is 0 Å². The van der Waals surface area contributed by atoms with E-state index in [1.54, 1.807) is 99.7 Å². The van der Waals surface area contributed by atoms with Crippen molar-refractivity contribution in [1.29, 1.82) is 0 Å². The van der Waals surface area contributed by atoms with Gasteiger partial charge in [-0.1, -0.05) is 24.0 Å². The summed E-state index contributed by atoms with van der Waals surface area (Å²) in [5.74, 6) is 14.6. The van der Waals surface area contributed by atoms with Crippen molar-refractivity contribution in [3.05, 3.63) is 190 Å². The minimum atomic E-state index is -0.971. The van der Waals surface area contributed by atoms with Crippen molar-refractivity contribution in [2.45, 2.75) is 26.2 Å². The Morgan fingerprint density at radius 2 is 0.915 bits per heavy atom. The molecule has 0 saturated carbocycles. The maximum absolute atomic E-state index is 11.6. The summed E-state index contributed by atoms with van der Waals surface area (Å²) in [4.78, 5) is 62.9. The highest BCUT2D eigenvalue weighted by molar-refractivity contribution is 5.89. The third-order valence-corrected chi connectivity index (χ3v) is 11.0. The third-order valence-electron chi connectivity index (χ3n) is 11.0. The minimum absolute atomic E-state index is 0.217. The molecule has 0 aliphatic carbocycles. The number of aromatic nitrogens is 8. The van der Waals surface area contributed by atoms with Crippen LogP contribution in [0.4, 0.5) is 11.9 Å². The number of fused-ring (bicyclic) bond motifs is 2. The van der Waals surface area contributed by atoms with Crippen molar-refractivity contribution in [3.8, 4) is 58.2 Å². The van der Waals surface area contributed by atoms with Crippen LogP contribution in [0.2, 0.25) is 0 Å². The summed E-state index contributed by atoms with van der Waals surface area (Å²) in [7, 11) is 5.68. The summed E-state index contributed by atoms with van der Waals surface area (Å²) in [6, 6.07) is 32.4. The summed E-state index contributed by atoms with van der Waals surface area (Å²) in [5, 5.41) is 16.0. The maximum atomic E-state index is 11.6. The number of carboxylic acids is 1. The Hall–Kier alpha value is -9.58. The molecule has 0 fully saturated rings. The Morgan fingerprint density at radius 1 is 0.493 bits per heavy atom. The molecule has 0 bridgehead atoms. The van der Waals surface area contributed by atoms with Gasteiger partial charge in [0.1, 0.15) is 34.3 Å². The standard InChI is InChI=1S/C27H21N5O3.C26H19N5O3.CH4O/c1-34-23-10-8-20-16-32(17-21(20)15-23)27-29-14-12-24(31-27)25-28-13-11-22(30-25)9-5-18-3-6-19(7-4-18)26(33)35-2;1-34-22-9-7-19-15-31(16-20(19)14-22)26-28-13-11-23(30-26)24-27-12-10-21(29-24)8-4-17-2-5-18(6-3-17)25(32)33;1-2/h3-4,6-8,10-15H,16-17H2,1-2H3;2-3,5-7,9-14H,15-16H2,1H3,(H,32,33);2H,1H3. The highest BCUT2D eigenvalue weighted by Gasteiger charge is 2.24. The zero-order valence-electron chi connectivity index (χ0n) is 38.9. The van der Waals surface area contributed by atoms with Crippen LogP contribution in [0.15, 0.2) is 134 Å². The van der Waals surface area contributed by atoms with Crippen molar-refractivity contribution in [2.75, 3.05) is 38.2 Å². The van der Waals surface area contributed by atoms with Crippen LogP contribution in [0.3, 0.4) is 0 Å². The van der Waals surface area contributed by atoms with Gasteiger partial charge in [0.2, 0.25) is 11.9 Å². The summed E-state index contributed by atoms with van der Waals surface area (Å²) >= 11 is 0. The highest BCUT2D eigenvalue weighted by atomic mass is 16.5. The Morgan fingerprint density at radius 3 is 1.34 bits per heavy atom. The molecule has 4 aromatic carbocycles. The zero-order chi connectivity index (χ0) is 49.7. The smallest absolute Gasteiger partial charge is 0.337 e. The lowest BCUT2D eigenvalue weighted by Gasteiger charge is -2.15. The van der Waals surface area contributed by atoms with Gasteiger partial charge >= 0.3 is 11.9 Å². The predicted octanol–water partition coefficient (Wildman–Crippen LogP) is 6.82. The fourth-order valence-electron chi connectivity index (χ4n) is 7.41. The number of aromatic carboxylic acids is 1. The average molecular weight is 945 g/mol. The molecule has 0 saturated heterocycles. The second-order valence-corrected chi connectivity index (χ2v) is 15.4. The normalized spacial score (nSPS) is 11.7. The van der Waals surface area contributed by atoms with Crippen LogP contribution in [0.1, 0.15) is 65.5 Å². The number of anilines is 2. The van der Waals surface area contributed by atoms with Crippen molar-refractivity contribution >= 4 is 23.8 Å². The quantitative estimate of drug-likeness (QED) is 0.118. The predicted molar refractivity (Wildman–Crippen MR) is 263 cm³/mol. The number of ether oxygens (including phenoxy) is 3. The fraction of sp³-hybridized carbons (Fsp3) is 0.148. The second-order valence-electron chi connectivity index (χ2n) is 15.4. The lowest BCUT2D eigenvalue weighted by atomic mass is 10.1. The van der Waals surface area contributed by atoms with Gasteiger partial charge in [-0.05, 0) is 131 Å². The fourth-order valence-corrected chi connectivity index (χ4v) is 7.41. The van der Waals surface area contributed by atoms with Gasteiger partial charge in [-0.25, -0.2) is 49.5 Å². The van der Waals surface area contributed by atoms with E-state index in [9.17, 15) is 9.59 Å². The van der Waals surface area contributed by atoms with Gasteiger partial charge in [0.25, 0.3) is 0 Å². The second kappa shape index (κ2) is 22.5. The first-order valence-electron chi connectivity index (χ1n) is 21.9. The van der Waals surface area contributed by atoms with Crippen LogP contribution in [0, 0.1) is 23.7 Å². The molecule has 0 spiro atoms. The molecule has 10 rings (SSSR count). The number of aliphatic hydroxyl groups is 1. The highest BCUT2D eigenvalue weighted by Crippen LogP contribution is 2.31. The number of rotatable bonds is 8. The van der Waals surface area contributed by atoms with Gasteiger partial charge in [0, 0.05) is 69.2 Å². The first-order valence-corrected chi connectivity index (χ1v) is 21.9. The number of hydrogen-bond acceptors (Lipinski definition) is 16. The number of carbonyl (C=O) groups excluding carboxylic acids is 1. The molecule has 0 amide bonds. The maximum Gasteiger partial charge on any atom is 0.337 e.